The van der Waals surface area contributed by atoms with Crippen LogP contribution in [0.15, 0.2) is 42.6 Å². The third-order valence-corrected chi connectivity index (χ3v) is 4.27. The van der Waals surface area contributed by atoms with E-state index in [9.17, 15) is 9.59 Å². The predicted molar refractivity (Wildman–Crippen MR) is 97.7 cm³/mol. The summed E-state index contributed by atoms with van der Waals surface area (Å²) in [7, 11) is 0. The summed E-state index contributed by atoms with van der Waals surface area (Å²) < 4.78 is 0. The Balaban J connectivity index is 1.60. The summed E-state index contributed by atoms with van der Waals surface area (Å²) in [6.07, 6.45) is 1.91. The molecule has 0 aliphatic carbocycles. The molecule has 2 aromatic rings. The fraction of sp³-hybridized carbons (Fsp3) is 0.316. The van der Waals surface area contributed by atoms with Gasteiger partial charge in [0, 0.05) is 19.6 Å². The lowest BCUT2D eigenvalue weighted by atomic mass is 10.1. The molecular formula is C19H22N4O2. The van der Waals surface area contributed by atoms with Gasteiger partial charge in [0.15, 0.2) is 0 Å². The molecule has 2 heterocycles. The molecule has 1 aliphatic rings. The zero-order chi connectivity index (χ0) is 17.8. The quantitative estimate of drug-likeness (QED) is 0.912. The Morgan fingerprint density at radius 3 is 2.52 bits per heavy atom. The van der Waals surface area contributed by atoms with Gasteiger partial charge < -0.3 is 10.2 Å². The van der Waals surface area contributed by atoms with Gasteiger partial charge in [0.05, 0.1) is 18.3 Å². The van der Waals surface area contributed by atoms with E-state index in [1.54, 1.807) is 28.1 Å². The fourth-order valence-corrected chi connectivity index (χ4v) is 2.80. The average molecular weight is 338 g/mol. The van der Waals surface area contributed by atoms with Crippen LogP contribution >= 0.6 is 0 Å². The van der Waals surface area contributed by atoms with Crippen LogP contribution in [0.25, 0.3) is 0 Å². The Kier molecular flexibility index (Phi) is 4.97. The Labute approximate surface area is 147 Å². The number of aromatic nitrogens is 1. The van der Waals surface area contributed by atoms with Gasteiger partial charge in [-0.05, 0) is 31.5 Å². The van der Waals surface area contributed by atoms with Crippen molar-refractivity contribution in [2.45, 2.75) is 20.3 Å². The first kappa shape index (κ1) is 17.0. The molecule has 3 rings (SSSR count). The maximum Gasteiger partial charge on any atom is 0.325 e. The van der Waals surface area contributed by atoms with E-state index in [1.807, 2.05) is 38.1 Å². The number of aryl methyl sites for hydroxylation is 1. The third kappa shape index (κ3) is 3.96. The van der Waals surface area contributed by atoms with Crippen molar-refractivity contribution >= 4 is 23.4 Å². The van der Waals surface area contributed by atoms with Crippen LogP contribution in [0.5, 0.6) is 0 Å². The van der Waals surface area contributed by atoms with E-state index in [0.717, 1.165) is 5.56 Å². The van der Waals surface area contributed by atoms with Crippen molar-refractivity contribution in [3.63, 3.8) is 0 Å². The molecule has 0 saturated carbocycles. The first-order chi connectivity index (χ1) is 12.1. The van der Waals surface area contributed by atoms with E-state index < -0.39 is 0 Å². The number of nitrogens with zero attached hydrogens (tertiary/aromatic N) is 3. The molecule has 25 heavy (non-hydrogen) atoms. The highest BCUT2D eigenvalue weighted by Crippen LogP contribution is 2.19. The van der Waals surface area contributed by atoms with Gasteiger partial charge in [0.2, 0.25) is 5.91 Å². The summed E-state index contributed by atoms with van der Waals surface area (Å²) in [6, 6.07) is 11.4. The molecule has 1 aromatic carbocycles. The molecule has 0 radical (unpaired) electrons. The topological polar surface area (TPSA) is 65.5 Å². The number of hydrogen-bond acceptors (Lipinski definition) is 3. The number of rotatable bonds is 5. The number of urea groups is 1. The van der Waals surface area contributed by atoms with Crippen LogP contribution in [-0.2, 0) is 11.2 Å². The Morgan fingerprint density at radius 1 is 1.16 bits per heavy atom. The molecule has 1 aliphatic heterocycles. The lowest BCUT2D eigenvalue weighted by Crippen LogP contribution is -2.32. The summed E-state index contributed by atoms with van der Waals surface area (Å²) in [6.45, 7) is 6.02. The predicted octanol–water partition coefficient (Wildman–Crippen LogP) is 2.83. The summed E-state index contributed by atoms with van der Waals surface area (Å²) in [5, 5.41) is 2.84. The number of carbonyl (C=O) groups is 2. The van der Waals surface area contributed by atoms with E-state index in [0.29, 0.717) is 37.6 Å². The summed E-state index contributed by atoms with van der Waals surface area (Å²) in [4.78, 5) is 32.0. The van der Waals surface area contributed by atoms with E-state index in [-0.39, 0.29) is 11.9 Å². The number of nitrogens with one attached hydrogen (secondary N) is 1. The zero-order valence-electron chi connectivity index (χ0n) is 14.5. The van der Waals surface area contributed by atoms with Gasteiger partial charge in [0.1, 0.15) is 5.82 Å². The van der Waals surface area contributed by atoms with Crippen molar-refractivity contribution in [3.8, 4) is 0 Å². The number of carbonyl (C=O) groups excluding carboxylic acids is 2. The summed E-state index contributed by atoms with van der Waals surface area (Å²) >= 11 is 0. The van der Waals surface area contributed by atoms with Gasteiger partial charge in [-0.25, -0.2) is 9.78 Å². The minimum absolute atomic E-state index is 0.0221. The molecule has 0 atom stereocenters. The number of hydrogen-bond donors (Lipinski definition) is 1. The normalized spacial score (nSPS) is 14.1. The van der Waals surface area contributed by atoms with Crippen LogP contribution in [0.1, 0.15) is 18.1 Å². The van der Waals surface area contributed by atoms with Crippen molar-refractivity contribution in [1.29, 1.82) is 0 Å². The second-order valence-corrected chi connectivity index (χ2v) is 6.13. The number of anilines is 2. The molecule has 130 valence electrons. The fourth-order valence-electron chi connectivity index (χ4n) is 2.80. The zero-order valence-corrected chi connectivity index (χ0v) is 14.5. The molecule has 1 N–H and O–H groups in total. The third-order valence-electron chi connectivity index (χ3n) is 4.27. The number of likely N-dealkylation sites (N-methyl/N-ethyl adjacent to an activating group) is 1. The van der Waals surface area contributed by atoms with E-state index in [2.05, 4.69) is 10.3 Å². The molecule has 0 unspecified atom stereocenters. The van der Waals surface area contributed by atoms with Crippen LogP contribution in [0.3, 0.4) is 0 Å². The van der Waals surface area contributed by atoms with Crippen LogP contribution in [0.2, 0.25) is 0 Å². The van der Waals surface area contributed by atoms with Gasteiger partial charge in [-0.3, -0.25) is 9.69 Å². The molecule has 0 bridgehead atoms. The lowest BCUT2D eigenvalue weighted by molar-refractivity contribution is -0.115. The molecule has 6 nitrogen and oxygen atoms in total. The van der Waals surface area contributed by atoms with Crippen LogP contribution in [-0.4, -0.2) is 41.5 Å². The number of benzene rings is 1. The summed E-state index contributed by atoms with van der Waals surface area (Å²) in [5.41, 5.74) is 2.76. The minimum Gasteiger partial charge on any atom is -0.324 e. The summed E-state index contributed by atoms with van der Waals surface area (Å²) in [5.74, 6) is 0.519. The lowest BCUT2D eigenvalue weighted by Gasteiger charge is -2.16. The standard InChI is InChI=1S/C19H22N4O2/c1-3-22-10-11-23(19(22)25)17-9-8-16(13-20-17)21-18(24)12-15-6-4-14(2)5-7-15/h4-9,13H,3,10-12H2,1-2H3,(H,21,24). The van der Waals surface area contributed by atoms with Gasteiger partial charge in [-0.15, -0.1) is 0 Å². The molecule has 1 aromatic heterocycles. The largest absolute Gasteiger partial charge is 0.325 e. The van der Waals surface area contributed by atoms with E-state index in [1.165, 1.54) is 5.56 Å². The van der Waals surface area contributed by atoms with Crippen molar-refractivity contribution in [2.24, 2.45) is 0 Å². The van der Waals surface area contributed by atoms with Crippen molar-refractivity contribution in [1.82, 2.24) is 9.88 Å². The smallest absolute Gasteiger partial charge is 0.324 e. The van der Waals surface area contributed by atoms with Crippen molar-refractivity contribution in [2.75, 3.05) is 29.9 Å². The van der Waals surface area contributed by atoms with Crippen molar-refractivity contribution < 1.29 is 9.59 Å². The first-order valence-electron chi connectivity index (χ1n) is 8.44. The van der Waals surface area contributed by atoms with Gasteiger partial charge >= 0.3 is 6.03 Å². The average Bonchev–Trinajstić information content (AvgIpc) is 2.98. The molecule has 3 amide bonds. The van der Waals surface area contributed by atoms with Gasteiger partial charge in [-0.1, -0.05) is 29.8 Å². The van der Waals surface area contributed by atoms with Gasteiger partial charge in [-0.2, -0.15) is 0 Å². The number of pyridine rings is 1. The van der Waals surface area contributed by atoms with E-state index in [4.69, 9.17) is 0 Å². The Bertz CT molecular complexity index is 756. The van der Waals surface area contributed by atoms with Crippen LogP contribution < -0.4 is 10.2 Å². The Morgan fingerprint density at radius 2 is 1.92 bits per heavy atom. The minimum atomic E-state index is -0.0900. The monoisotopic (exact) mass is 338 g/mol. The second-order valence-electron chi connectivity index (χ2n) is 6.13. The van der Waals surface area contributed by atoms with Crippen LogP contribution in [0, 0.1) is 6.92 Å². The molecule has 1 fully saturated rings. The maximum atomic E-state index is 12.2. The van der Waals surface area contributed by atoms with Crippen molar-refractivity contribution in [3.05, 3.63) is 53.7 Å². The SMILES string of the molecule is CCN1CCN(c2ccc(NC(=O)Cc3ccc(C)cc3)cn2)C1=O. The molecule has 0 spiro atoms. The van der Waals surface area contributed by atoms with Crippen LogP contribution in [0.4, 0.5) is 16.3 Å². The molecular weight excluding hydrogens is 316 g/mol. The first-order valence-corrected chi connectivity index (χ1v) is 8.44. The highest BCUT2D eigenvalue weighted by Gasteiger charge is 2.28. The number of amides is 3. The Hall–Kier alpha value is -2.89. The molecule has 6 heteroatoms. The van der Waals surface area contributed by atoms with Gasteiger partial charge in [0.25, 0.3) is 0 Å². The highest BCUT2D eigenvalue weighted by molar-refractivity contribution is 5.94. The second kappa shape index (κ2) is 7.34. The molecule has 1 saturated heterocycles. The highest BCUT2D eigenvalue weighted by atomic mass is 16.2. The maximum absolute atomic E-state index is 12.2. The van der Waals surface area contributed by atoms with E-state index >= 15 is 0 Å².